The smallest absolute Gasteiger partial charge is 0.336 e. The fraction of sp³-hybridized carbons (Fsp3) is 0.717. The van der Waals surface area contributed by atoms with Crippen LogP contribution in [0.3, 0.4) is 0 Å². The van der Waals surface area contributed by atoms with Crippen molar-refractivity contribution in [3.8, 4) is 0 Å². The van der Waals surface area contributed by atoms with Crippen LogP contribution in [-0.4, -0.2) is 92.5 Å². The highest BCUT2D eigenvalue weighted by Crippen LogP contribution is 2.48. The van der Waals surface area contributed by atoms with E-state index >= 15 is 0 Å². The van der Waals surface area contributed by atoms with Crippen LogP contribution in [0.15, 0.2) is 60.7 Å². The third-order valence-electron chi connectivity index (χ3n) is 13.9. The second-order valence-corrected chi connectivity index (χ2v) is 22.5. The average molecular weight is 931 g/mol. The predicted molar refractivity (Wildman–Crippen MR) is 258 cm³/mol. The third-order valence-corrected chi connectivity index (χ3v) is 14.5. The Morgan fingerprint density at radius 2 is 1.15 bits per heavy atom. The Morgan fingerprint density at radius 3 is 1.63 bits per heavy atom. The summed E-state index contributed by atoms with van der Waals surface area (Å²) >= 11 is 0. The molecular weight excluding hydrogens is 858 g/mol. The number of aliphatic hydroxyl groups is 1. The monoisotopic (exact) mass is 930 g/mol. The molecule has 4 aliphatic heterocycles. The Bertz CT molecular complexity index is 1590. The maximum atomic E-state index is 11.9. The normalized spacial score (nSPS) is 32.6. The third kappa shape index (κ3) is 15.2. The summed E-state index contributed by atoms with van der Waals surface area (Å²) in [6.45, 7) is 1.60. The molecule has 342 valence electrons. The van der Waals surface area contributed by atoms with Crippen LogP contribution in [-0.2, 0) is 55.4 Å². The first kappa shape index (κ1) is 49.3. The minimum Gasteiger partial charge on any atom is -0.462 e. The lowest BCUT2D eigenvalue weighted by Crippen LogP contribution is -2.31. The second kappa shape index (κ2) is 25.5. The minimum absolute atomic E-state index is 0.0154. The number of aryl methyl sites for hydroxylation is 2. The van der Waals surface area contributed by atoms with E-state index in [9.17, 15) is 9.90 Å². The molecule has 0 radical (unpaired) electrons. The number of hydrogen-bond acceptors (Lipinski definition) is 10. The number of hydrogen-bond donors (Lipinski definition) is 1. The van der Waals surface area contributed by atoms with Crippen LogP contribution >= 0.6 is 36.5 Å². The molecule has 17 atom stereocenters. The quantitative estimate of drug-likeness (QED) is 0.0789. The summed E-state index contributed by atoms with van der Waals surface area (Å²) in [5.41, 5.74) is 2.69. The molecule has 6 fully saturated rings. The van der Waals surface area contributed by atoms with Gasteiger partial charge in [-0.25, -0.2) is 0 Å². The minimum atomic E-state index is -0.623. The van der Waals surface area contributed by atoms with Crippen molar-refractivity contribution in [3.63, 3.8) is 0 Å². The summed E-state index contributed by atoms with van der Waals surface area (Å²) in [7, 11) is 10.8. The molecule has 16 heteroatoms. The number of benzene rings is 2. The van der Waals surface area contributed by atoms with E-state index in [2.05, 4.69) is 97.1 Å². The first-order valence-electron chi connectivity index (χ1n) is 23.6. The topological polar surface area (TPSA) is 111 Å². The highest BCUT2D eigenvalue weighted by Gasteiger charge is 2.51. The lowest BCUT2D eigenvalue weighted by atomic mass is 9.86. The van der Waals surface area contributed by atoms with E-state index in [-0.39, 0.29) is 73.8 Å². The van der Waals surface area contributed by atoms with E-state index in [4.69, 9.17) is 37.7 Å². The molecule has 62 heavy (non-hydrogen) atoms. The first-order chi connectivity index (χ1) is 30.2. The van der Waals surface area contributed by atoms with Gasteiger partial charge in [0.2, 0.25) is 0 Å². The molecular formula is C46H72B2O10P4. The maximum absolute atomic E-state index is 11.9. The number of ether oxygens (including phenoxy) is 6. The largest absolute Gasteiger partial charge is 0.462 e. The Labute approximate surface area is 381 Å². The van der Waals surface area contributed by atoms with Gasteiger partial charge in [0.25, 0.3) is 0 Å². The Kier molecular flexibility index (Phi) is 20.3. The zero-order valence-corrected chi connectivity index (χ0v) is 41.1. The summed E-state index contributed by atoms with van der Waals surface area (Å²) in [4.78, 5) is 11.9. The van der Waals surface area contributed by atoms with Crippen LogP contribution in [0.2, 0.25) is 0 Å². The molecule has 2 saturated carbocycles. The van der Waals surface area contributed by atoms with Crippen LogP contribution < -0.4 is 0 Å². The molecule has 4 heterocycles. The fourth-order valence-corrected chi connectivity index (χ4v) is 11.7. The molecule has 0 bridgehead atoms. The van der Waals surface area contributed by atoms with Crippen molar-refractivity contribution in [2.45, 2.75) is 171 Å². The highest BCUT2D eigenvalue weighted by atomic mass is 31.1. The lowest BCUT2D eigenvalue weighted by molar-refractivity contribution is -0.191. The number of esters is 1. The van der Waals surface area contributed by atoms with E-state index in [0.29, 0.717) is 24.2 Å². The van der Waals surface area contributed by atoms with E-state index < -0.39 is 6.29 Å². The molecule has 2 aromatic carbocycles. The SMILES string of the molecule is O=C1C[C@@H]2[C@@H](CC[C@H](CCc3ccccc3)OC3CCCCO3)[C@H](OB(P)P)C[C@@H]2O1.OC1C[C@@H]2[C@@H](CC[C@H](CCc3ccccc3)OC3CCCCO3)[C@H](OB(P)P)C[C@@H]2O1. The van der Waals surface area contributed by atoms with Crippen LogP contribution in [0.5, 0.6) is 0 Å². The van der Waals surface area contributed by atoms with Gasteiger partial charge in [0.15, 0.2) is 18.9 Å². The van der Waals surface area contributed by atoms with E-state index in [1.807, 2.05) is 0 Å². The molecule has 2 aliphatic carbocycles. The Hall–Kier alpha value is -0.560. The van der Waals surface area contributed by atoms with Gasteiger partial charge in [-0.1, -0.05) is 60.7 Å². The molecule has 0 aromatic heterocycles. The van der Waals surface area contributed by atoms with Gasteiger partial charge in [-0.3, -0.25) is 4.79 Å². The maximum Gasteiger partial charge on any atom is 0.336 e. The number of carbonyl (C=O) groups excluding carboxylic acids is 1. The van der Waals surface area contributed by atoms with Crippen LogP contribution in [0.1, 0.15) is 114 Å². The summed E-state index contributed by atoms with van der Waals surface area (Å²) < 4.78 is 48.4. The predicted octanol–water partition coefficient (Wildman–Crippen LogP) is 8.56. The van der Waals surface area contributed by atoms with Crippen molar-refractivity contribution in [2.24, 2.45) is 23.7 Å². The first-order valence-corrected chi connectivity index (χ1v) is 26.3. The van der Waals surface area contributed by atoms with Crippen molar-refractivity contribution in [1.82, 2.24) is 0 Å². The summed E-state index contributed by atoms with van der Waals surface area (Å²) in [5, 5.41) is 10.0. The molecule has 0 spiro atoms. The van der Waals surface area contributed by atoms with Gasteiger partial charge in [0.05, 0.1) is 24.7 Å². The zero-order chi connectivity index (χ0) is 43.3. The van der Waals surface area contributed by atoms with Gasteiger partial charge >= 0.3 is 18.7 Å². The number of fused-ring (bicyclic) bond motifs is 2. The number of carbonyl (C=O) groups is 1. The Morgan fingerprint density at radius 1 is 0.645 bits per heavy atom. The van der Waals surface area contributed by atoms with Gasteiger partial charge in [0, 0.05) is 44.2 Å². The number of aliphatic hydroxyl groups excluding tert-OH is 1. The second-order valence-electron chi connectivity index (χ2n) is 18.3. The summed E-state index contributed by atoms with van der Waals surface area (Å²) in [5.74, 6) is 1.30. The van der Waals surface area contributed by atoms with Gasteiger partial charge in [0.1, 0.15) is 6.10 Å². The van der Waals surface area contributed by atoms with Crippen LogP contribution in [0.4, 0.5) is 0 Å². The van der Waals surface area contributed by atoms with Crippen LogP contribution in [0.25, 0.3) is 0 Å². The van der Waals surface area contributed by atoms with Crippen LogP contribution in [0, 0.1) is 23.7 Å². The summed E-state index contributed by atoms with van der Waals surface area (Å²) in [6, 6.07) is 21.2. The molecule has 1 N–H and O–H groups in total. The van der Waals surface area contributed by atoms with Gasteiger partial charge in [-0.15, -0.1) is 36.5 Å². The molecule has 7 unspecified atom stereocenters. The highest BCUT2D eigenvalue weighted by molar-refractivity contribution is 7.92. The van der Waals surface area contributed by atoms with Gasteiger partial charge < -0.3 is 42.8 Å². The van der Waals surface area contributed by atoms with E-state index in [1.165, 1.54) is 24.0 Å². The summed E-state index contributed by atoms with van der Waals surface area (Å²) in [6.07, 6.45) is 17.4. The molecule has 10 nitrogen and oxygen atoms in total. The zero-order valence-electron chi connectivity index (χ0n) is 36.5. The molecule has 0 amide bonds. The molecule has 8 rings (SSSR count). The fourth-order valence-electron chi connectivity index (χ4n) is 10.9. The van der Waals surface area contributed by atoms with Crippen molar-refractivity contribution in [3.05, 3.63) is 71.8 Å². The molecule has 6 aliphatic rings. The van der Waals surface area contributed by atoms with Gasteiger partial charge in [-0.05, 0) is 125 Å². The Balaban J connectivity index is 0.000000186. The van der Waals surface area contributed by atoms with E-state index in [0.717, 1.165) is 110 Å². The van der Waals surface area contributed by atoms with E-state index in [1.54, 1.807) is 0 Å². The average Bonchev–Trinajstić information content (AvgIpc) is 3.99. The van der Waals surface area contributed by atoms with Crippen molar-refractivity contribution < 1.29 is 47.6 Å². The molecule has 2 aromatic rings. The van der Waals surface area contributed by atoms with Gasteiger partial charge in [-0.2, -0.15) is 0 Å². The van der Waals surface area contributed by atoms with Crippen molar-refractivity contribution in [2.75, 3.05) is 13.2 Å². The lowest BCUT2D eigenvalue weighted by Gasteiger charge is -2.30. The van der Waals surface area contributed by atoms with Crippen molar-refractivity contribution in [1.29, 1.82) is 0 Å². The number of rotatable bonds is 20. The standard InChI is InChI=1S/C23H37BO5P2.C23H35BO5P2/c2*25-22-14-19-18(21(29-24(30)31)15-20(19)28-22)12-11-17(27-23-8-4-5-13-26-23)10-9-16-6-2-1-3-7-16/h1-3,6-7,17-23,25H,4-5,8-15,30-31H2;1-3,6-7,17-21,23H,4-5,8-15,30-31H2/t17-,18+,19+,20-,21+,22?,23?;17-,18+,19+,20-,21+,23?/m00/s1. The molecule has 4 saturated heterocycles. The van der Waals surface area contributed by atoms with Crippen molar-refractivity contribution >= 4 is 55.2 Å².